The molecule has 0 aromatic heterocycles. The Morgan fingerprint density at radius 3 is 2.50 bits per heavy atom. The predicted molar refractivity (Wildman–Crippen MR) is 93.5 cm³/mol. The first-order chi connectivity index (χ1) is 11.3. The molecule has 6 heteroatoms. The molecule has 0 aromatic rings. The Kier molecular flexibility index (Phi) is 6.63. The highest BCUT2D eigenvalue weighted by molar-refractivity contribution is 5.79. The summed E-state index contributed by atoms with van der Waals surface area (Å²) in [6, 6.07) is 0.533. The molecular weight excluding hydrogens is 306 g/mol. The standard InChI is InChI=1S/C18H33N3O3/c1-14(2)20-11-6-15(7-12-20)17(23)21-10-4-8-18(24,13-21)9-5-16(22)19-3/h14-15,24H,4-13H2,1-3H3,(H,19,22). The number of piperidine rings is 2. The molecule has 24 heavy (non-hydrogen) atoms. The number of rotatable bonds is 5. The third-order valence-electron chi connectivity index (χ3n) is 5.57. The highest BCUT2D eigenvalue weighted by Crippen LogP contribution is 2.29. The largest absolute Gasteiger partial charge is 0.388 e. The number of carbonyl (C=O) groups is 2. The number of amides is 2. The summed E-state index contributed by atoms with van der Waals surface area (Å²) in [5.41, 5.74) is -0.918. The molecule has 0 spiro atoms. The van der Waals surface area contributed by atoms with E-state index in [-0.39, 0.29) is 17.7 Å². The number of carbonyl (C=O) groups excluding carboxylic acids is 2. The first kappa shape index (κ1) is 19.2. The third-order valence-corrected chi connectivity index (χ3v) is 5.57. The van der Waals surface area contributed by atoms with Gasteiger partial charge in [0.25, 0.3) is 0 Å². The smallest absolute Gasteiger partial charge is 0.225 e. The van der Waals surface area contributed by atoms with E-state index in [0.717, 1.165) is 38.9 Å². The molecule has 1 unspecified atom stereocenters. The molecule has 6 nitrogen and oxygen atoms in total. The van der Waals surface area contributed by atoms with Crippen molar-refractivity contribution in [3.8, 4) is 0 Å². The molecule has 2 saturated heterocycles. The number of β-amino-alcohol motifs (C(OH)–C–C–N with tert-alkyl or cyclic N) is 1. The molecule has 1 atom stereocenters. The van der Waals surface area contributed by atoms with Crippen LogP contribution in [0.2, 0.25) is 0 Å². The minimum absolute atomic E-state index is 0.0621. The van der Waals surface area contributed by atoms with Crippen LogP contribution in [0.4, 0.5) is 0 Å². The fraction of sp³-hybridized carbons (Fsp3) is 0.889. The molecule has 2 rings (SSSR count). The summed E-state index contributed by atoms with van der Waals surface area (Å²) in [7, 11) is 1.60. The van der Waals surface area contributed by atoms with Gasteiger partial charge in [0.2, 0.25) is 11.8 Å². The summed E-state index contributed by atoms with van der Waals surface area (Å²) < 4.78 is 0. The van der Waals surface area contributed by atoms with E-state index in [4.69, 9.17) is 0 Å². The van der Waals surface area contributed by atoms with Gasteiger partial charge in [-0.05, 0) is 59.0 Å². The fourth-order valence-electron chi connectivity index (χ4n) is 3.90. The Balaban J connectivity index is 1.87. The molecular formula is C18H33N3O3. The first-order valence-corrected chi connectivity index (χ1v) is 9.30. The normalized spacial score (nSPS) is 26.6. The summed E-state index contributed by atoms with van der Waals surface area (Å²) >= 11 is 0. The van der Waals surface area contributed by atoms with Crippen molar-refractivity contribution in [1.29, 1.82) is 0 Å². The molecule has 2 aliphatic heterocycles. The molecule has 2 aliphatic rings. The van der Waals surface area contributed by atoms with Crippen molar-refractivity contribution < 1.29 is 14.7 Å². The molecule has 0 aliphatic carbocycles. The molecule has 0 aromatic carbocycles. The topological polar surface area (TPSA) is 72.9 Å². The van der Waals surface area contributed by atoms with Crippen LogP contribution >= 0.6 is 0 Å². The number of nitrogens with zero attached hydrogens (tertiary/aromatic N) is 2. The van der Waals surface area contributed by atoms with E-state index in [9.17, 15) is 14.7 Å². The minimum Gasteiger partial charge on any atom is -0.388 e. The van der Waals surface area contributed by atoms with Gasteiger partial charge >= 0.3 is 0 Å². The van der Waals surface area contributed by atoms with Gasteiger partial charge in [0, 0.05) is 38.5 Å². The van der Waals surface area contributed by atoms with Crippen molar-refractivity contribution in [1.82, 2.24) is 15.1 Å². The monoisotopic (exact) mass is 339 g/mol. The fourth-order valence-corrected chi connectivity index (χ4v) is 3.90. The SMILES string of the molecule is CNC(=O)CCC1(O)CCCN(C(=O)C2CCN(C(C)C)CC2)C1. The maximum atomic E-state index is 12.8. The lowest BCUT2D eigenvalue weighted by Crippen LogP contribution is -2.53. The lowest BCUT2D eigenvalue weighted by atomic mass is 9.86. The predicted octanol–water partition coefficient (Wildman–Crippen LogP) is 0.987. The molecule has 138 valence electrons. The summed E-state index contributed by atoms with van der Waals surface area (Å²) in [6.45, 7) is 7.43. The lowest BCUT2D eigenvalue weighted by molar-refractivity contribution is -0.145. The van der Waals surface area contributed by atoms with E-state index in [1.807, 2.05) is 4.90 Å². The van der Waals surface area contributed by atoms with Crippen LogP contribution in [-0.4, -0.2) is 71.6 Å². The zero-order chi connectivity index (χ0) is 17.7. The zero-order valence-electron chi connectivity index (χ0n) is 15.4. The van der Waals surface area contributed by atoms with Crippen molar-refractivity contribution >= 4 is 11.8 Å². The molecule has 0 bridgehead atoms. The Hall–Kier alpha value is -1.14. The number of likely N-dealkylation sites (tertiary alicyclic amines) is 2. The van der Waals surface area contributed by atoms with Gasteiger partial charge in [-0.2, -0.15) is 0 Å². The van der Waals surface area contributed by atoms with E-state index in [2.05, 4.69) is 24.1 Å². The summed E-state index contributed by atoms with van der Waals surface area (Å²) in [4.78, 5) is 28.5. The average Bonchev–Trinajstić information content (AvgIpc) is 2.59. The van der Waals surface area contributed by atoms with Gasteiger partial charge in [-0.3, -0.25) is 9.59 Å². The van der Waals surface area contributed by atoms with Crippen LogP contribution in [0, 0.1) is 5.92 Å². The van der Waals surface area contributed by atoms with E-state index in [1.54, 1.807) is 7.05 Å². The van der Waals surface area contributed by atoms with Gasteiger partial charge in [-0.25, -0.2) is 0 Å². The first-order valence-electron chi connectivity index (χ1n) is 9.30. The van der Waals surface area contributed by atoms with Gasteiger partial charge in [-0.1, -0.05) is 0 Å². The average molecular weight is 339 g/mol. The number of nitrogens with one attached hydrogen (secondary N) is 1. The second kappa shape index (κ2) is 8.30. The van der Waals surface area contributed by atoms with Crippen LogP contribution in [0.5, 0.6) is 0 Å². The van der Waals surface area contributed by atoms with Crippen molar-refractivity contribution in [3.63, 3.8) is 0 Å². The van der Waals surface area contributed by atoms with Crippen LogP contribution in [-0.2, 0) is 9.59 Å². The van der Waals surface area contributed by atoms with E-state index < -0.39 is 5.60 Å². The van der Waals surface area contributed by atoms with Crippen molar-refractivity contribution in [2.24, 2.45) is 5.92 Å². The summed E-state index contributed by atoms with van der Waals surface area (Å²) in [6.07, 6.45) is 4.01. The number of aliphatic hydroxyl groups is 1. The van der Waals surface area contributed by atoms with Crippen molar-refractivity contribution in [2.75, 3.05) is 33.2 Å². The van der Waals surface area contributed by atoms with Gasteiger partial charge < -0.3 is 20.2 Å². The van der Waals surface area contributed by atoms with Crippen LogP contribution in [0.3, 0.4) is 0 Å². The maximum absolute atomic E-state index is 12.8. The lowest BCUT2D eigenvalue weighted by Gasteiger charge is -2.42. The van der Waals surface area contributed by atoms with Gasteiger partial charge in [0.05, 0.1) is 5.60 Å². The van der Waals surface area contributed by atoms with E-state index in [0.29, 0.717) is 31.8 Å². The molecule has 2 amide bonds. The molecule has 2 heterocycles. The number of hydrogen-bond donors (Lipinski definition) is 2. The molecule has 0 saturated carbocycles. The Bertz CT molecular complexity index is 447. The molecule has 2 fully saturated rings. The van der Waals surface area contributed by atoms with Crippen LogP contribution < -0.4 is 5.32 Å². The van der Waals surface area contributed by atoms with Crippen molar-refractivity contribution in [3.05, 3.63) is 0 Å². The van der Waals surface area contributed by atoms with Gasteiger partial charge in [0.1, 0.15) is 0 Å². The van der Waals surface area contributed by atoms with E-state index in [1.165, 1.54) is 0 Å². The minimum atomic E-state index is -0.918. The Labute approximate surface area is 145 Å². The van der Waals surface area contributed by atoms with Crippen LogP contribution in [0.15, 0.2) is 0 Å². The highest BCUT2D eigenvalue weighted by atomic mass is 16.3. The number of hydrogen-bond acceptors (Lipinski definition) is 4. The maximum Gasteiger partial charge on any atom is 0.225 e. The Morgan fingerprint density at radius 2 is 1.92 bits per heavy atom. The summed E-state index contributed by atoms with van der Waals surface area (Å²) in [5, 5.41) is 13.4. The second-order valence-corrected chi connectivity index (χ2v) is 7.66. The van der Waals surface area contributed by atoms with Crippen molar-refractivity contribution in [2.45, 2.75) is 64.0 Å². The molecule has 0 radical (unpaired) electrons. The Morgan fingerprint density at radius 1 is 1.25 bits per heavy atom. The zero-order valence-corrected chi connectivity index (χ0v) is 15.4. The second-order valence-electron chi connectivity index (χ2n) is 7.66. The van der Waals surface area contributed by atoms with Gasteiger partial charge in [-0.15, -0.1) is 0 Å². The van der Waals surface area contributed by atoms with Gasteiger partial charge in [0.15, 0.2) is 0 Å². The van der Waals surface area contributed by atoms with Crippen LogP contribution in [0.1, 0.15) is 52.4 Å². The quantitative estimate of drug-likeness (QED) is 0.783. The molecule has 2 N–H and O–H groups in total. The summed E-state index contributed by atoms with van der Waals surface area (Å²) in [5.74, 6) is 0.214. The third kappa shape index (κ3) is 4.93. The van der Waals surface area contributed by atoms with Crippen LogP contribution in [0.25, 0.3) is 0 Å². The van der Waals surface area contributed by atoms with E-state index >= 15 is 0 Å². The highest BCUT2D eigenvalue weighted by Gasteiger charge is 2.38.